The highest BCUT2D eigenvalue weighted by Crippen LogP contribution is 2.37. The zero-order chi connectivity index (χ0) is 20.6. The van der Waals surface area contributed by atoms with Crippen molar-refractivity contribution in [2.24, 2.45) is 17.8 Å². The van der Waals surface area contributed by atoms with E-state index in [1.54, 1.807) is 0 Å². The summed E-state index contributed by atoms with van der Waals surface area (Å²) in [5.41, 5.74) is 1.37. The molecule has 0 aromatic heterocycles. The number of hydrogen-bond donors (Lipinski definition) is 1. The molecule has 1 N–H and O–H groups in total. The summed E-state index contributed by atoms with van der Waals surface area (Å²) in [6, 6.07) is 8.49. The lowest BCUT2D eigenvalue weighted by Crippen LogP contribution is -2.37. The van der Waals surface area contributed by atoms with E-state index < -0.39 is 0 Å². The first-order valence-electron chi connectivity index (χ1n) is 11.4. The first kappa shape index (κ1) is 23.2. The highest BCUT2D eigenvalue weighted by molar-refractivity contribution is 5.27. The van der Waals surface area contributed by atoms with Gasteiger partial charge in [-0.3, -0.25) is 0 Å². The average Bonchev–Trinajstić information content (AvgIpc) is 2.61. The summed E-state index contributed by atoms with van der Waals surface area (Å²) in [6.45, 7) is 16.3. The van der Waals surface area contributed by atoms with E-state index in [1.165, 1.54) is 37.7 Å². The summed E-state index contributed by atoms with van der Waals surface area (Å²) < 4.78 is 11.7. The summed E-state index contributed by atoms with van der Waals surface area (Å²) in [6.07, 6.45) is 6.60. The Kier molecular flexibility index (Phi) is 9.30. The van der Waals surface area contributed by atoms with E-state index in [9.17, 15) is 0 Å². The number of hydrogen-bond acceptors (Lipinski definition) is 3. The molecular formula is C25H43NO2. The highest BCUT2D eigenvalue weighted by atomic mass is 16.5. The molecule has 3 heteroatoms. The molecule has 1 aromatic carbocycles. The van der Waals surface area contributed by atoms with Crippen LogP contribution in [0.2, 0.25) is 0 Å². The molecule has 0 amide bonds. The average molecular weight is 390 g/mol. The van der Waals surface area contributed by atoms with Crippen LogP contribution in [0.4, 0.5) is 0 Å². The second-order valence-corrected chi connectivity index (χ2v) is 9.87. The summed E-state index contributed by atoms with van der Waals surface area (Å²) in [5, 5.41) is 3.67. The van der Waals surface area contributed by atoms with Gasteiger partial charge in [0.25, 0.3) is 0 Å². The molecule has 0 radical (unpaired) electrons. The summed E-state index contributed by atoms with van der Waals surface area (Å²) in [7, 11) is 0. The predicted molar refractivity (Wildman–Crippen MR) is 119 cm³/mol. The van der Waals surface area contributed by atoms with Gasteiger partial charge in [-0.15, -0.1) is 0 Å². The van der Waals surface area contributed by atoms with Crippen LogP contribution < -0.4 is 10.1 Å². The SMILES string of the molecule is CC(C)CC[C@H](CCNCc1ccc(OC(C)C)cc1)[C@H]1CCOC(C)(C)C1. The van der Waals surface area contributed by atoms with Crippen molar-refractivity contribution in [1.82, 2.24) is 5.32 Å². The molecule has 160 valence electrons. The van der Waals surface area contributed by atoms with Crippen molar-refractivity contribution in [2.45, 2.75) is 91.9 Å². The highest BCUT2D eigenvalue weighted by Gasteiger charge is 2.33. The van der Waals surface area contributed by atoms with E-state index in [1.807, 2.05) is 0 Å². The van der Waals surface area contributed by atoms with E-state index in [0.29, 0.717) is 0 Å². The molecule has 1 heterocycles. The molecule has 1 aliphatic rings. The first-order valence-corrected chi connectivity index (χ1v) is 11.4. The van der Waals surface area contributed by atoms with Crippen LogP contribution in [0, 0.1) is 17.8 Å². The molecule has 3 nitrogen and oxygen atoms in total. The van der Waals surface area contributed by atoms with Crippen molar-refractivity contribution < 1.29 is 9.47 Å². The van der Waals surface area contributed by atoms with Crippen molar-refractivity contribution >= 4 is 0 Å². The Morgan fingerprint density at radius 2 is 1.79 bits per heavy atom. The normalized spacial score (nSPS) is 20.5. The zero-order valence-corrected chi connectivity index (χ0v) is 19.1. The lowest BCUT2D eigenvalue weighted by atomic mass is 9.75. The Morgan fingerprint density at radius 1 is 1.07 bits per heavy atom. The maximum absolute atomic E-state index is 5.96. The molecule has 0 spiro atoms. The van der Waals surface area contributed by atoms with Crippen molar-refractivity contribution in [1.29, 1.82) is 0 Å². The van der Waals surface area contributed by atoms with Gasteiger partial charge in [-0.1, -0.05) is 32.4 Å². The van der Waals surface area contributed by atoms with Crippen LogP contribution in [0.1, 0.15) is 79.2 Å². The fraction of sp³-hybridized carbons (Fsp3) is 0.760. The largest absolute Gasteiger partial charge is 0.491 e. The van der Waals surface area contributed by atoms with Gasteiger partial charge in [0.05, 0.1) is 11.7 Å². The van der Waals surface area contributed by atoms with E-state index in [-0.39, 0.29) is 11.7 Å². The lowest BCUT2D eigenvalue weighted by molar-refractivity contribution is -0.0839. The van der Waals surface area contributed by atoms with Gasteiger partial charge in [-0.2, -0.15) is 0 Å². The van der Waals surface area contributed by atoms with Gasteiger partial charge in [-0.05, 0) is 95.4 Å². The van der Waals surface area contributed by atoms with Gasteiger partial charge in [0, 0.05) is 13.2 Å². The standard InChI is InChI=1S/C25H43NO2/c1-19(2)7-10-22(23-14-16-27-25(5,6)17-23)13-15-26-18-21-8-11-24(12-9-21)28-20(3)4/h8-9,11-12,19-20,22-23,26H,7,10,13-18H2,1-6H3/t22-,23+/m1/s1. The first-order chi connectivity index (χ1) is 13.2. The van der Waals surface area contributed by atoms with Gasteiger partial charge < -0.3 is 14.8 Å². The topological polar surface area (TPSA) is 30.5 Å². The third-order valence-corrected chi connectivity index (χ3v) is 5.83. The maximum atomic E-state index is 5.96. The summed E-state index contributed by atoms with van der Waals surface area (Å²) >= 11 is 0. The minimum absolute atomic E-state index is 0.0478. The third kappa shape index (κ3) is 8.53. The summed E-state index contributed by atoms with van der Waals surface area (Å²) in [5.74, 6) is 3.35. The Bertz CT molecular complexity index is 550. The van der Waals surface area contributed by atoms with Crippen molar-refractivity contribution in [3.05, 3.63) is 29.8 Å². The molecule has 1 aliphatic heterocycles. The number of nitrogens with one attached hydrogen (secondary N) is 1. The Balaban J connectivity index is 1.80. The molecule has 0 bridgehead atoms. The fourth-order valence-electron chi connectivity index (χ4n) is 4.32. The maximum Gasteiger partial charge on any atom is 0.119 e. The molecule has 0 unspecified atom stereocenters. The van der Waals surface area contributed by atoms with Gasteiger partial charge in [0.2, 0.25) is 0 Å². The smallest absolute Gasteiger partial charge is 0.119 e. The van der Waals surface area contributed by atoms with Gasteiger partial charge >= 0.3 is 0 Å². The lowest BCUT2D eigenvalue weighted by Gasteiger charge is -2.39. The third-order valence-electron chi connectivity index (χ3n) is 5.83. The predicted octanol–water partition coefficient (Wildman–Crippen LogP) is 6.21. The number of rotatable bonds is 11. The molecule has 0 saturated carbocycles. The molecule has 2 atom stereocenters. The van der Waals surface area contributed by atoms with Crippen LogP contribution >= 0.6 is 0 Å². The Labute approximate surface area is 173 Å². The van der Waals surface area contributed by atoms with Gasteiger partial charge in [0.1, 0.15) is 5.75 Å². The molecule has 0 aliphatic carbocycles. The van der Waals surface area contributed by atoms with Crippen LogP contribution in [0.3, 0.4) is 0 Å². The molecule has 1 aromatic rings. The molecule has 2 rings (SSSR count). The van der Waals surface area contributed by atoms with E-state index in [2.05, 4.69) is 71.1 Å². The van der Waals surface area contributed by atoms with Crippen LogP contribution in [-0.4, -0.2) is 24.9 Å². The molecule has 1 fully saturated rings. The van der Waals surface area contributed by atoms with Crippen LogP contribution in [0.5, 0.6) is 5.75 Å². The monoisotopic (exact) mass is 389 g/mol. The summed E-state index contributed by atoms with van der Waals surface area (Å²) in [4.78, 5) is 0. The van der Waals surface area contributed by atoms with Gasteiger partial charge in [-0.25, -0.2) is 0 Å². The minimum atomic E-state index is 0.0478. The second-order valence-electron chi connectivity index (χ2n) is 9.87. The Morgan fingerprint density at radius 3 is 2.39 bits per heavy atom. The second kappa shape index (κ2) is 11.2. The fourth-order valence-corrected chi connectivity index (χ4v) is 4.32. The molecular weight excluding hydrogens is 346 g/mol. The van der Waals surface area contributed by atoms with E-state index in [4.69, 9.17) is 9.47 Å². The van der Waals surface area contributed by atoms with Gasteiger partial charge in [0.15, 0.2) is 0 Å². The van der Waals surface area contributed by atoms with E-state index >= 15 is 0 Å². The van der Waals surface area contributed by atoms with Crippen LogP contribution in [0.15, 0.2) is 24.3 Å². The molecule has 28 heavy (non-hydrogen) atoms. The van der Waals surface area contributed by atoms with Crippen molar-refractivity contribution in [3.8, 4) is 5.75 Å². The van der Waals surface area contributed by atoms with Crippen molar-refractivity contribution in [3.63, 3.8) is 0 Å². The van der Waals surface area contributed by atoms with E-state index in [0.717, 1.165) is 43.2 Å². The van der Waals surface area contributed by atoms with Crippen LogP contribution in [0.25, 0.3) is 0 Å². The minimum Gasteiger partial charge on any atom is -0.491 e. The number of benzene rings is 1. The van der Waals surface area contributed by atoms with Crippen LogP contribution in [-0.2, 0) is 11.3 Å². The Hall–Kier alpha value is -1.06. The quantitative estimate of drug-likeness (QED) is 0.456. The zero-order valence-electron chi connectivity index (χ0n) is 19.1. The number of ether oxygens (including phenoxy) is 2. The van der Waals surface area contributed by atoms with Crippen molar-refractivity contribution in [2.75, 3.05) is 13.2 Å². The molecule has 1 saturated heterocycles.